The number of benzene rings is 1. The standard InChI is InChI=1S/C13H15NO2S/c1-2-14-13(15)12-11(16-8-9-17-12)10-6-4-3-5-7-10/h3-7H,2,8-9H2,1H3,(H,14,15). The molecule has 2 rings (SSSR count). The first-order valence-corrected chi connectivity index (χ1v) is 6.65. The van der Waals surface area contributed by atoms with Crippen molar-refractivity contribution in [1.29, 1.82) is 0 Å². The summed E-state index contributed by atoms with van der Waals surface area (Å²) in [5.41, 5.74) is 0.959. The monoisotopic (exact) mass is 249 g/mol. The average molecular weight is 249 g/mol. The molecule has 1 aromatic carbocycles. The van der Waals surface area contributed by atoms with Crippen LogP contribution in [0.1, 0.15) is 12.5 Å². The number of nitrogens with one attached hydrogen (secondary N) is 1. The Bertz CT molecular complexity index is 428. The Morgan fingerprint density at radius 3 is 2.88 bits per heavy atom. The minimum absolute atomic E-state index is 0.0453. The Morgan fingerprint density at radius 1 is 1.41 bits per heavy atom. The van der Waals surface area contributed by atoms with E-state index in [1.54, 1.807) is 11.8 Å². The molecule has 1 aromatic rings. The lowest BCUT2D eigenvalue weighted by Gasteiger charge is -2.20. The van der Waals surface area contributed by atoms with Crippen LogP contribution in [0, 0.1) is 0 Å². The molecule has 1 aliphatic heterocycles. The third-order valence-electron chi connectivity index (χ3n) is 2.36. The largest absolute Gasteiger partial charge is 0.491 e. The van der Waals surface area contributed by atoms with Crippen LogP contribution < -0.4 is 5.32 Å². The van der Waals surface area contributed by atoms with E-state index in [0.29, 0.717) is 23.8 Å². The SMILES string of the molecule is CCNC(=O)C1=C(c2ccccc2)OCCS1. The van der Waals surface area contributed by atoms with Gasteiger partial charge in [-0.1, -0.05) is 30.3 Å². The molecule has 0 unspecified atom stereocenters. The summed E-state index contributed by atoms with van der Waals surface area (Å²) in [5.74, 6) is 1.48. The van der Waals surface area contributed by atoms with Crippen molar-refractivity contribution in [3.8, 4) is 0 Å². The van der Waals surface area contributed by atoms with Gasteiger partial charge in [0, 0.05) is 17.9 Å². The highest BCUT2D eigenvalue weighted by molar-refractivity contribution is 8.04. The van der Waals surface area contributed by atoms with Gasteiger partial charge in [-0.15, -0.1) is 11.8 Å². The molecule has 1 aliphatic rings. The van der Waals surface area contributed by atoms with Crippen LogP contribution in [0.3, 0.4) is 0 Å². The molecule has 0 spiro atoms. The van der Waals surface area contributed by atoms with Gasteiger partial charge >= 0.3 is 0 Å². The van der Waals surface area contributed by atoms with E-state index < -0.39 is 0 Å². The first kappa shape index (κ1) is 12.0. The number of hydrogen-bond donors (Lipinski definition) is 1. The van der Waals surface area contributed by atoms with Crippen molar-refractivity contribution in [3.05, 3.63) is 40.8 Å². The molecule has 1 heterocycles. The smallest absolute Gasteiger partial charge is 0.261 e. The summed E-state index contributed by atoms with van der Waals surface area (Å²) in [6.07, 6.45) is 0. The number of hydrogen-bond acceptors (Lipinski definition) is 3. The van der Waals surface area contributed by atoms with E-state index >= 15 is 0 Å². The number of carbonyl (C=O) groups excluding carboxylic acids is 1. The molecule has 0 atom stereocenters. The molecular formula is C13H15NO2S. The second-order valence-electron chi connectivity index (χ2n) is 3.58. The molecule has 0 fully saturated rings. The van der Waals surface area contributed by atoms with Crippen molar-refractivity contribution < 1.29 is 9.53 Å². The van der Waals surface area contributed by atoms with Crippen LogP contribution >= 0.6 is 11.8 Å². The molecule has 1 amide bonds. The van der Waals surface area contributed by atoms with Gasteiger partial charge < -0.3 is 10.1 Å². The highest BCUT2D eigenvalue weighted by atomic mass is 32.2. The Labute approximate surface area is 105 Å². The predicted octanol–water partition coefficient (Wildman–Crippen LogP) is 2.25. The van der Waals surface area contributed by atoms with Gasteiger partial charge in [-0.25, -0.2) is 0 Å². The van der Waals surface area contributed by atoms with Crippen LogP contribution in [-0.2, 0) is 9.53 Å². The summed E-state index contributed by atoms with van der Waals surface area (Å²) < 4.78 is 5.64. The van der Waals surface area contributed by atoms with E-state index in [4.69, 9.17) is 4.74 Å². The van der Waals surface area contributed by atoms with Gasteiger partial charge in [0.1, 0.15) is 10.7 Å². The summed E-state index contributed by atoms with van der Waals surface area (Å²) >= 11 is 1.56. The zero-order chi connectivity index (χ0) is 12.1. The molecule has 4 heteroatoms. The van der Waals surface area contributed by atoms with E-state index in [2.05, 4.69) is 5.32 Å². The Morgan fingerprint density at radius 2 is 2.18 bits per heavy atom. The van der Waals surface area contributed by atoms with Crippen LogP contribution in [0.2, 0.25) is 0 Å². The molecule has 0 bridgehead atoms. The minimum Gasteiger partial charge on any atom is -0.491 e. The fraction of sp³-hybridized carbons (Fsp3) is 0.308. The zero-order valence-corrected chi connectivity index (χ0v) is 10.5. The maximum absolute atomic E-state index is 11.9. The van der Waals surface area contributed by atoms with Gasteiger partial charge in [0.05, 0.1) is 6.61 Å². The molecule has 0 saturated carbocycles. The summed E-state index contributed by atoms with van der Waals surface area (Å²) in [5, 5.41) is 2.82. The molecule has 17 heavy (non-hydrogen) atoms. The lowest BCUT2D eigenvalue weighted by atomic mass is 10.1. The van der Waals surface area contributed by atoms with Gasteiger partial charge in [0.2, 0.25) is 0 Å². The normalized spacial score (nSPS) is 15.4. The third-order valence-corrected chi connectivity index (χ3v) is 3.39. The molecule has 3 nitrogen and oxygen atoms in total. The summed E-state index contributed by atoms with van der Waals surface area (Å²) in [4.78, 5) is 12.6. The number of rotatable bonds is 3. The van der Waals surface area contributed by atoms with Crippen molar-refractivity contribution in [2.45, 2.75) is 6.92 Å². The van der Waals surface area contributed by atoms with E-state index in [-0.39, 0.29) is 5.91 Å². The van der Waals surface area contributed by atoms with Gasteiger partial charge in [0.15, 0.2) is 0 Å². The molecule has 0 saturated heterocycles. The predicted molar refractivity (Wildman–Crippen MR) is 70.5 cm³/mol. The highest BCUT2D eigenvalue weighted by Gasteiger charge is 2.21. The lowest BCUT2D eigenvalue weighted by Crippen LogP contribution is -2.26. The summed E-state index contributed by atoms with van der Waals surface area (Å²) in [6.45, 7) is 3.19. The van der Waals surface area contributed by atoms with Crippen LogP contribution in [0.4, 0.5) is 0 Å². The van der Waals surface area contributed by atoms with Crippen molar-refractivity contribution in [2.24, 2.45) is 0 Å². The van der Waals surface area contributed by atoms with Crippen LogP contribution in [0.5, 0.6) is 0 Å². The maximum atomic E-state index is 11.9. The zero-order valence-electron chi connectivity index (χ0n) is 9.73. The Hall–Kier alpha value is -1.42. The quantitative estimate of drug-likeness (QED) is 0.893. The molecule has 90 valence electrons. The number of ether oxygens (including phenoxy) is 1. The van der Waals surface area contributed by atoms with E-state index in [1.807, 2.05) is 37.3 Å². The van der Waals surface area contributed by atoms with E-state index in [0.717, 1.165) is 11.3 Å². The second kappa shape index (κ2) is 5.77. The van der Waals surface area contributed by atoms with Crippen LogP contribution in [-0.4, -0.2) is 24.8 Å². The fourth-order valence-corrected chi connectivity index (χ4v) is 2.51. The summed E-state index contributed by atoms with van der Waals surface area (Å²) in [7, 11) is 0. The minimum atomic E-state index is -0.0453. The van der Waals surface area contributed by atoms with Gasteiger partial charge in [-0.3, -0.25) is 4.79 Å². The Balaban J connectivity index is 2.35. The number of amides is 1. The first-order chi connectivity index (χ1) is 8.33. The lowest BCUT2D eigenvalue weighted by molar-refractivity contribution is -0.116. The van der Waals surface area contributed by atoms with Gasteiger partial charge in [0.25, 0.3) is 5.91 Å². The van der Waals surface area contributed by atoms with Crippen molar-refractivity contribution in [1.82, 2.24) is 5.32 Å². The molecule has 0 aromatic heterocycles. The number of likely N-dealkylation sites (N-methyl/N-ethyl adjacent to an activating group) is 1. The Kier molecular flexibility index (Phi) is 4.09. The number of thioether (sulfide) groups is 1. The van der Waals surface area contributed by atoms with E-state index in [1.165, 1.54) is 0 Å². The molecule has 1 N–H and O–H groups in total. The van der Waals surface area contributed by atoms with Crippen LogP contribution in [0.25, 0.3) is 5.76 Å². The maximum Gasteiger partial charge on any atom is 0.261 e. The highest BCUT2D eigenvalue weighted by Crippen LogP contribution is 2.32. The third kappa shape index (κ3) is 2.82. The fourth-order valence-electron chi connectivity index (χ4n) is 1.63. The first-order valence-electron chi connectivity index (χ1n) is 5.66. The van der Waals surface area contributed by atoms with Crippen molar-refractivity contribution in [3.63, 3.8) is 0 Å². The van der Waals surface area contributed by atoms with Gasteiger partial charge in [-0.2, -0.15) is 0 Å². The summed E-state index contributed by atoms with van der Waals surface area (Å²) in [6, 6.07) is 9.76. The molecule has 0 aliphatic carbocycles. The van der Waals surface area contributed by atoms with Crippen molar-refractivity contribution >= 4 is 23.4 Å². The van der Waals surface area contributed by atoms with Crippen LogP contribution in [0.15, 0.2) is 35.2 Å². The second-order valence-corrected chi connectivity index (χ2v) is 4.69. The average Bonchev–Trinajstić information content (AvgIpc) is 2.40. The van der Waals surface area contributed by atoms with Crippen molar-refractivity contribution in [2.75, 3.05) is 18.9 Å². The number of carbonyl (C=O) groups is 1. The van der Waals surface area contributed by atoms with Gasteiger partial charge in [-0.05, 0) is 6.92 Å². The molecule has 0 radical (unpaired) electrons. The molecular weight excluding hydrogens is 234 g/mol. The van der Waals surface area contributed by atoms with E-state index in [9.17, 15) is 4.79 Å². The topological polar surface area (TPSA) is 38.3 Å².